The number of hydrogen-bond acceptors (Lipinski definition) is 1. The van der Waals surface area contributed by atoms with E-state index in [1.165, 1.54) is 24.3 Å². The average Bonchev–Trinajstić information content (AvgIpc) is 2.71. The molecule has 0 N–H and O–H groups in total. The summed E-state index contributed by atoms with van der Waals surface area (Å²) in [6.07, 6.45) is -6.40. The van der Waals surface area contributed by atoms with Crippen molar-refractivity contribution in [3.8, 4) is 0 Å². The van der Waals surface area contributed by atoms with E-state index in [4.69, 9.17) is 0 Å². The normalized spacial score (nSPS) is 15.8. The van der Waals surface area contributed by atoms with Crippen LogP contribution in [0.25, 0.3) is 0 Å². The van der Waals surface area contributed by atoms with Gasteiger partial charge in [0.1, 0.15) is 0 Å². The highest BCUT2D eigenvalue weighted by atomic mass is 19.4. The second kappa shape index (κ2) is 3.84. The van der Waals surface area contributed by atoms with Crippen molar-refractivity contribution in [2.45, 2.75) is 18.0 Å². The molecule has 0 bridgehead atoms. The maximum Gasteiger partial charge on any atom is 0.460 e. The van der Waals surface area contributed by atoms with Gasteiger partial charge in [0.15, 0.2) is 0 Å². The number of fused-ring (bicyclic) bond motifs is 1. The number of alkyl halides is 7. The lowest BCUT2D eigenvalue weighted by Crippen LogP contribution is -2.57. The molecular weight excluding hydrogens is 281 g/mol. The van der Waals surface area contributed by atoms with Crippen LogP contribution in [0.2, 0.25) is 0 Å². The Bertz CT molecular complexity index is 533. The predicted molar refractivity (Wildman–Crippen MR) is 51.3 cm³/mol. The third-order valence-electron chi connectivity index (χ3n) is 2.37. The molecule has 0 saturated heterocycles. The highest BCUT2D eigenvalue weighted by Crippen LogP contribution is 2.49. The smallest absolute Gasteiger partial charge is 0.225 e. The minimum atomic E-state index is -6.40. The molecule has 1 heterocycles. The van der Waals surface area contributed by atoms with Gasteiger partial charge in [-0.2, -0.15) is 30.7 Å². The fraction of sp³-hybridized carbons (Fsp3) is 0.300. The van der Waals surface area contributed by atoms with Crippen LogP contribution < -0.4 is 5.32 Å². The van der Waals surface area contributed by atoms with Crippen molar-refractivity contribution >= 4 is 17.2 Å². The lowest BCUT2D eigenvalue weighted by atomic mass is 10.1. The molecular formula is C10H4F7N2. The molecule has 1 radical (unpaired) electrons. The van der Waals surface area contributed by atoms with Gasteiger partial charge in [0.25, 0.3) is 0 Å². The second-order valence-corrected chi connectivity index (χ2v) is 3.68. The van der Waals surface area contributed by atoms with E-state index in [1.54, 1.807) is 0 Å². The Kier molecular flexibility index (Phi) is 2.76. The monoisotopic (exact) mass is 285 g/mol. The van der Waals surface area contributed by atoms with Crippen molar-refractivity contribution in [2.75, 3.05) is 0 Å². The Morgan fingerprint density at radius 3 is 1.79 bits per heavy atom. The first-order chi connectivity index (χ1) is 8.57. The van der Waals surface area contributed by atoms with Crippen molar-refractivity contribution in [1.29, 1.82) is 0 Å². The van der Waals surface area contributed by atoms with Crippen molar-refractivity contribution in [3.63, 3.8) is 0 Å². The van der Waals surface area contributed by atoms with E-state index in [0.717, 1.165) is 0 Å². The fourth-order valence-corrected chi connectivity index (χ4v) is 1.37. The molecule has 0 spiro atoms. The van der Waals surface area contributed by atoms with Crippen LogP contribution in [0, 0.1) is 0 Å². The van der Waals surface area contributed by atoms with Gasteiger partial charge in [0.05, 0.1) is 11.4 Å². The number of halogens is 7. The highest BCUT2D eigenvalue weighted by Gasteiger charge is 2.75. The molecule has 0 unspecified atom stereocenters. The van der Waals surface area contributed by atoms with Crippen LogP contribution >= 0.6 is 0 Å². The molecule has 0 atom stereocenters. The Morgan fingerprint density at radius 2 is 1.32 bits per heavy atom. The number of benzene rings is 1. The van der Waals surface area contributed by atoms with Crippen molar-refractivity contribution in [2.24, 2.45) is 4.99 Å². The maximum absolute atomic E-state index is 13.3. The predicted octanol–water partition coefficient (Wildman–Crippen LogP) is 3.80. The zero-order valence-electron chi connectivity index (χ0n) is 8.85. The fourth-order valence-electron chi connectivity index (χ4n) is 1.37. The van der Waals surface area contributed by atoms with Crippen molar-refractivity contribution in [3.05, 3.63) is 24.3 Å². The molecule has 0 fully saturated rings. The molecule has 9 heteroatoms. The van der Waals surface area contributed by atoms with Gasteiger partial charge < -0.3 is 0 Å². The lowest BCUT2D eigenvalue weighted by molar-refractivity contribution is -0.336. The molecule has 1 aliphatic heterocycles. The van der Waals surface area contributed by atoms with E-state index in [-0.39, 0.29) is 11.4 Å². The standard InChI is InChI=1S/C10H4F7N2/c11-8(12,9(13,14)10(15,16)17)7-18-5-3-1-2-4-6(5)19-7/h1-4H. The Morgan fingerprint density at radius 1 is 0.789 bits per heavy atom. The summed E-state index contributed by atoms with van der Waals surface area (Å²) in [4.78, 5) is 3.02. The minimum absolute atomic E-state index is 0.185. The number of rotatable bonds is 2. The summed E-state index contributed by atoms with van der Waals surface area (Å²) in [7, 11) is 0. The Hall–Kier alpha value is -1.80. The van der Waals surface area contributed by atoms with E-state index in [2.05, 4.69) is 10.3 Å². The van der Waals surface area contributed by atoms with Gasteiger partial charge in [-0.15, -0.1) is 0 Å². The Balaban J connectivity index is 2.39. The largest absolute Gasteiger partial charge is 0.460 e. The van der Waals surface area contributed by atoms with Crippen LogP contribution in [0.15, 0.2) is 29.3 Å². The topological polar surface area (TPSA) is 26.5 Å². The number of amidine groups is 1. The SMILES string of the molecule is FC(F)(F)C(F)(F)C(F)(F)C1=Nc2ccccc2[N]1. The van der Waals surface area contributed by atoms with E-state index >= 15 is 0 Å². The minimum Gasteiger partial charge on any atom is -0.225 e. The summed E-state index contributed by atoms with van der Waals surface area (Å²) in [5, 5.41) is 3.02. The van der Waals surface area contributed by atoms with E-state index < -0.39 is 23.9 Å². The molecule has 19 heavy (non-hydrogen) atoms. The first-order valence-electron chi connectivity index (χ1n) is 4.79. The molecule has 1 aliphatic rings. The van der Waals surface area contributed by atoms with Gasteiger partial charge >= 0.3 is 18.0 Å². The van der Waals surface area contributed by atoms with Crippen LogP contribution in [-0.2, 0) is 0 Å². The molecule has 1 aromatic carbocycles. The van der Waals surface area contributed by atoms with Gasteiger partial charge in [-0.1, -0.05) is 12.1 Å². The number of aliphatic imine (C=N–C) groups is 1. The zero-order chi connectivity index (χ0) is 14.5. The molecule has 1 aromatic rings. The van der Waals surface area contributed by atoms with E-state index in [0.29, 0.717) is 0 Å². The molecule has 0 amide bonds. The molecule has 0 saturated carbocycles. The van der Waals surface area contributed by atoms with Crippen molar-refractivity contribution in [1.82, 2.24) is 5.32 Å². The van der Waals surface area contributed by atoms with Gasteiger partial charge in [-0.3, -0.25) is 0 Å². The Labute approximate surface area is 101 Å². The average molecular weight is 285 g/mol. The van der Waals surface area contributed by atoms with Crippen LogP contribution in [0.1, 0.15) is 0 Å². The summed E-state index contributed by atoms with van der Waals surface area (Å²) in [6.45, 7) is 0. The first-order valence-corrected chi connectivity index (χ1v) is 4.79. The summed E-state index contributed by atoms with van der Waals surface area (Å²) in [5.41, 5.74) is -0.370. The second-order valence-electron chi connectivity index (χ2n) is 3.68. The molecule has 103 valence electrons. The number of nitrogens with zero attached hydrogens (tertiary/aromatic N) is 2. The third kappa shape index (κ3) is 1.92. The molecule has 0 aliphatic carbocycles. The zero-order valence-corrected chi connectivity index (χ0v) is 8.85. The van der Waals surface area contributed by atoms with Gasteiger partial charge in [-0.05, 0) is 12.1 Å². The third-order valence-corrected chi connectivity index (χ3v) is 2.37. The summed E-state index contributed by atoms with van der Waals surface area (Å²) in [5.74, 6) is -13.6. The number of para-hydroxylation sites is 2. The summed E-state index contributed by atoms with van der Waals surface area (Å²) in [6, 6.07) is 5.07. The van der Waals surface area contributed by atoms with Gasteiger partial charge in [-0.25, -0.2) is 10.3 Å². The van der Waals surface area contributed by atoms with Gasteiger partial charge in [0, 0.05) is 0 Å². The van der Waals surface area contributed by atoms with E-state index in [9.17, 15) is 30.7 Å². The summed E-state index contributed by atoms with van der Waals surface area (Å²) >= 11 is 0. The van der Waals surface area contributed by atoms with Crippen molar-refractivity contribution < 1.29 is 30.7 Å². The van der Waals surface area contributed by atoms with E-state index in [1.807, 2.05) is 0 Å². The quantitative estimate of drug-likeness (QED) is 0.739. The number of hydrogen-bond donors (Lipinski definition) is 0. The van der Waals surface area contributed by atoms with Gasteiger partial charge in [0.2, 0.25) is 5.84 Å². The van der Waals surface area contributed by atoms with Crippen LogP contribution in [-0.4, -0.2) is 23.9 Å². The first kappa shape index (κ1) is 13.6. The highest BCUT2D eigenvalue weighted by molar-refractivity contribution is 6.01. The molecule has 2 nitrogen and oxygen atoms in total. The molecule has 0 aromatic heterocycles. The maximum atomic E-state index is 13.3. The van der Waals surface area contributed by atoms with Crippen LogP contribution in [0.5, 0.6) is 0 Å². The lowest BCUT2D eigenvalue weighted by Gasteiger charge is -2.27. The molecule has 2 rings (SSSR count). The summed E-state index contributed by atoms with van der Waals surface area (Å²) < 4.78 is 88.0. The van der Waals surface area contributed by atoms with Crippen LogP contribution in [0.4, 0.5) is 42.1 Å². The van der Waals surface area contributed by atoms with Crippen LogP contribution in [0.3, 0.4) is 0 Å².